The summed E-state index contributed by atoms with van der Waals surface area (Å²) in [4.78, 5) is 26.8. The highest BCUT2D eigenvalue weighted by Crippen LogP contribution is 2.24. The summed E-state index contributed by atoms with van der Waals surface area (Å²) in [6.07, 6.45) is 3.63. The van der Waals surface area contributed by atoms with Gasteiger partial charge in [-0.3, -0.25) is 19.9 Å². The number of hydrogen-bond donors (Lipinski definition) is 3. The number of pyridine rings is 1. The molecule has 0 saturated carbocycles. The van der Waals surface area contributed by atoms with E-state index in [2.05, 4.69) is 21.2 Å². The summed E-state index contributed by atoms with van der Waals surface area (Å²) in [5.74, 6) is -0.534. The van der Waals surface area contributed by atoms with Crippen molar-refractivity contribution in [2.45, 2.75) is 18.6 Å². The molecular formula is C15H14ClN5O3. The van der Waals surface area contributed by atoms with Crippen LogP contribution in [0.25, 0.3) is 0 Å². The summed E-state index contributed by atoms with van der Waals surface area (Å²) in [6.45, 7) is 0. The van der Waals surface area contributed by atoms with Crippen molar-refractivity contribution in [3.05, 3.63) is 69.0 Å². The van der Waals surface area contributed by atoms with Crippen molar-refractivity contribution < 1.29 is 9.72 Å². The van der Waals surface area contributed by atoms with Gasteiger partial charge in [-0.25, -0.2) is 10.9 Å². The molecule has 124 valence electrons. The number of hydrogen-bond acceptors (Lipinski definition) is 6. The fourth-order valence-corrected chi connectivity index (χ4v) is 2.72. The van der Waals surface area contributed by atoms with Crippen molar-refractivity contribution in [1.29, 1.82) is 0 Å². The average Bonchev–Trinajstić information content (AvgIpc) is 3.04. The monoisotopic (exact) mass is 347 g/mol. The molecule has 1 amide bonds. The number of amides is 1. The predicted molar refractivity (Wildman–Crippen MR) is 87.2 cm³/mol. The summed E-state index contributed by atoms with van der Waals surface area (Å²) in [5.41, 5.74) is 6.73. The first kappa shape index (κ1) is 16.3. The summed E-state index contributed by atoms with van der Waals surface area (Å²) >= 11 is 5.76. The van der Waals surface area contributed by atoms with Crippen LogP contribution in [0.4, 0.5) is 5.69 Å². The molecule has 1 aliphatic rings. The lowest BCUT2D eigenvalue weighted by molar-refractivity contribution is -0.385. The maximum absolute atomic E-state index is 12.3. The standard InChI is InChI=1S/C15H14ClN5O3/c16-10-1-2-11(13(7-10)21(23)24)15(22)18-14-8-12(19-20-14)9-3-5-17-6-4-9/h1-7,12,14,19-20H,8H2,(H,18,22). The number of nitrogens with zero attached hydrogens (tertiary/aromatic N) is 2. The smallest absolute Gasteiger partial charge is 0.283 e. The van der Waals surface area contributed by atoms with E-state index in [9.17, 15) is 14.9 Å². The molecule has 1 aliphatic heterocycles. The summed E-state index contributed by atoms with van der Waals surface area (Å²) < 4.78 is 0. The maximum Gasteiger partial charge on any atom is 0.283 e. The minimum atomic E-state index is -0.624. The van der Waals surface area contributed by atoms with Crippen LogP contribution in [0.5, 0.6) is 0 Å². The minimum Gasteiger partial charge on any atom is -0.335 e. The molecule has 1 fully saturated rings. The SMILES string of the molecule is O=C(NC1CC(c2ccncc2)NN1)c1ccc(Cl)cc1[N+](=O)[O-]. The first-order valence-corrected chi connectivity index (χ1v) is 7.58. The van der Waals surface area contributed by atoms with E-state index in [1.54, 1.807) is 12.4 Å². The zero-order valence-electron chi connectivity index (χ0n) is 12.4. The largest absolute Gasteiger partial charge is 0.335 e. The Morgan fingerprint density at radius 3 is 2.75 bits per heavy atom. The van der Waals surface area contributed by atoms with Gasteiger partial charge in [0.05, 0.1) is 11.1 Å². The Balaban J connectivity index is 1.69. The van der Waals surface area contributed by atoms with E-state index >= 15 is 0 Å². The molecule has 24 heavy (non-hydrogen) atoms. The van der Waals surface area contributed by atoms with Crippen LogP contribution in [0.2, 0.25) is 5.02 Å². The van der Waals surface area contributed by atoms with Crippen molar-refractivity contribution in [2.24, 2.45) is 0 Å². The van der Waals surface area contributed by atoms with Gasteiger partial charge in [0.15, 0.2) is 0 Å². The van der Waals surface area contributed by atoms with Gasteiger partial charge in [0, 0.05) is 35.9 Å². The lowest BCUT2D eigenvalue weighted by Crippen LogP contribution is -2.44. The predicted octanol–water partition coefficient (Wildman–Crippen LogP) is 1.94. The molecule has 0 radical (unpaired) electrons. The Labute approximate surface area is 142 Å². The normalized spacial score (nSPS) is 19.9. The van der Waals surface area contributed by atoms with Crippen LogP contribution in [0.3, 0.4) is 0 Å². The van der Waals surface area contributed by atoms with E-state index in [0.717, 1.165) is 11.6 Å². The number of aromatic nitrogens is 1. The average molecular weight is 348 g/mol. The van der Waals surface area contributed by atoms with Crippen LogP contribution in [0.15, 0.2) is 42.7 Å². The second kappa shape index (κ2) is 6.91. The molecule has 2 unspecified atom stereocenters. The molecule has 0 bridgehead atoms. The van der Waals surface area contributed by atoms with Gasteiger partial charge in [-0.1, -0.05) is 11.6 Å². The van der Waals surface area contributed by atoms with Gasteiger partial charge in [0.2, 0.25) is 0 Å². The topological polar surface area (TPSA) is 109 Å². The number of nitrogens with one attached hydrogen (secondary N) is 3. The summed E-state index contributed by atoms with van der Waals surface area (Å²) in [6, 6.07) is 7.73. The van der Waals surface area contributed by atoms with E-state index in [1.807, 2.05) is 12.1 Å². The number of rotatable bonds is 4. The molecule has 1 aromatic heterocycles. The lowest BCUT2D eigenvalue weighted by Gasteiger charge is -2.12. The minimum absolute atomic E-state index is 0.0125. The second-order valence-electron chi connectivity index (χ2n) is 5.30. The first-order chi connectivity index (χ1) is 11.5. The van der Waals surface area contributed by atoms with Crippen LogP contribution in [0.1, 0.15) is 28.4 Å². The van der Waals surface area contributed by atoms with Gasteiger partial charge in [-0.15, -0.1) is 0 Å². The zero-order chi connectivity index (χ0) is 17.1. The van der Waals surface area contributed by atoms with Crippen molar-refractivity contribution in [2.75, 3.05) is 0 Å². The highest BCUT2D eigenvalue weighted by Gasteiger charge is 2.28. The third-order valence-electron chi connectivity index (χ3n) is 3.72. The van der Waals surface area contributed by atoms with Crippen molar-refractivity contribution in [1.82, 2.24) is 21.2 Å². The molecule has 3 N–H and O–H groups in total. The Bertz CT molecular complexity index is 771. The fraction of sp³-hybridized carbons (Fsp3) is 0.200. The summed E-state index contributed by atoms with van der Waals surface area (Å²) in [7, 11) is 0. The molecular weight excluding hydrogens is 334 g/mol. The number of carbonyl (C=O) groups excluding carboxylic acids is 1. The number of halogens is 1. The molecule has 2 atom stereocenters. The number of benzene rings is 1. The van der Waals surface area contributed by atoms with Crippen LogP contribution >= 0.6 is 11.6 Å². The van der Waals surface area contributed by atoms with E-state index in [0.29, 0.717) is 6.42 Å². The highest BCUT2D eigenvalue weighted by atomic mass is 35.5. The molecule has 0 aliphatic carbocycles. The lowest BCUT2D eigenvalue weighted by atomic mass is 10.1. The van der Waals surface area contributed by atoms with Crippen LogP contribution < -0.4 is 16.2 Å². The fourth-order valence-electron chi connectivity index (χ4n) is 2.55. The van der Waals surface area contributed by atoms with Crippen molar-refractivity contribution in [3.63, 3.8) is 0 Å². The van der Waals surface area contributed by atoms with Crippen molar-refractivity contribution >= 4 is 23.2 Å². The molecule has 2 heterocycles. The van der Waals surface area contributed by atoms with E-state index in [-0.39, 0.29) is 28.5 Å². The van der Waals surface area contributed by atoms with Gasteiger partial charge in [-0.2, -0.15) is 0 Å². The molecule has 9 heteroatoms. The zero-order valence-corrected chi connectivity index (χ0v) is 13.2. The van der Waals surface area contributed by atoms with Gasteiger partial charge >= 0.3 is 0 Å². The van der Waals surface area contributed by atoms with Gasteiger partial charge in [-0.05, 0) is 29.8 Å². The van der Waals surface area contributed by atoms with E-state index in [4.69, 9.17) is 11.6 Å². The second-order valence-corrected chi connectivity index (χ2v) is 5.74. The molecule has 1 saturated heterocycles. The maximum atomic E-state index is 12.3. The molecule has 8 nitrogen and oxygen atoms in total. The van der Waals surface area contributed by atoms with Crippen LogP contribution in [-0.4, -0.2) is 22.0 Å². The van der Waals surface area contributed by atoms with Crippen LogP contribution in [0, 0.1) is 10.1 Å². The van der Waals surface area contributed by atoms with E-state index in [1.165, 1.54) is 12.1 Å². The quantitative estimate of drug-likeness (QED) is 0.576. The number of nitro benzene ring substituents is 1. The number of hydrazine groups is 1. The summed E-state index contributed by atoms with van der Waals surface area (Å²) in [5, 5.41) is 14.0. The molecule has 0 spiro atoms. The Hall–Kier alpha value is -2.55. The molecule has 2 aromatic rings. The van der Waals surface area contributed by atoms with Gasteiger partial charge in [0.25, 0.3) is 11.6 Å². The third-order valence-corrected chi connectivity index (χ3v) is 3.95. The first-order valence-electron chi connectivity index (χ1n) is 7.20. The van der Waals surface area contributed by atoms with Gasteiger partial charge in [0.1, 0.15) is 5.56 Å². The third kappa shape index (κ3) is 3.51. The van der Waals surface area contributed by atoms with Gasteiger partial charge < -0.3 is 5.32 Å². The highest BCUT2D eigenvalue weighted by molar-refractivity contribution is 6.31. The Morgan fingerprint density at radius 2 is 2.04 bits per heavy atom. The van der Waals surface area contributed by atoms with Crippen molar-refractivity contribution in [3.8, 4) is 0 Å². The van der Waals surface area contributed by atoms with Crippen LogP contribution in [-0.2, 0) is 0 Å². The molecule has 1 aromatic carbocycles. The number of nitro groups is 1. The molecule has 3 rings (SSSR count). The Morgan fingerprint density at radius 1 is 1.29 bits per heavy atom. The Kier molecular flexibility index (Phi) is 4.70. The van der Waals surface area contributed by atoms with E-state index < -0.39 is 10.8 Å². The number of carbonyl (C=O) groups is 1.